The van der Waals surface area contributed by atoms with E-state index in [0.717, 1.165) is 55.4 Å². The monoisotopic (exact) mass is 427 g/mol. The van der Waals surface area contributed by atoms with Crippen LogP contribution in [0.2, 0.25) is 0 Å². The van der Waals surface area contributed by atoms with Gasteiger partial charge in [-0.1, -0.05) is 35.5 Å². The molecule has 3 heterocycles. The molecule has 6 rings (SSSR count). The highest BCUT2D eigenvalue weighted by Gasteiger charge is 2.50. The number of hydrogen-bond acceptors (Lipinski definition) is 5. The van der Waals surface area contributed by atoms with Gasteiger partial charge in [0.1, 0.15) is 0 Å². The van der Waals surface area contributed by atoms with Gasteiger partial charge in [0.05, 0.1) is 22.8 Å². The van der Waals surface area contributed by atoms with Crippen molar-refractivity contribution in [1.82, 2.24) is 24.6 Å². The smallest absolute Gasteiger partial charge is 0.237 e. The SMILES string of the molecule is O=C(CCn1cnc2cc(-c3noc(C4(c5ccccc5)CC4)n3)ccc21)N1CCCC1. The Bertz CT molecular complexity index is 1270. The molecule has 2 fully saturated rings. The molecule has 0 bridgehead atoms. The molecular weight excluding hydrogens is 402 g/mol. The van der Waals surface area contributed by atoms with E-state index in [-0.39, 0.29) is 11.3 Å². The predicted molar refractivity (Wildman–Crippen MR) is 120 cm³/mol. The first-order chi connectivity index (χ1) is 15.7. The third-order valence-corrected chi connectivity index (χ3v) is 6.82. The lowest BCUT2D eigenvalue weighted by Gasteiger charge is -2.15. The minimum Gasteiger partial charge on any atom is -0.343 e. The fourth-order valence-corrected chi connectivity index (χ4v) is 4.77. The molecule has 162 valence electrons. The average molecular weight is 428 g/mol. The minimum atomic E-state index is -0.139. The highest BCUT2D eigenvalue weighted by Crippen LogP contribution is 2.52. The van der Waals surface area contributed by atoms with Gasteiger partial charge in [-0.3, -0.25) is 4.79 Å². The molecule has 1 saturated carbocycles. The van der Waals surface area contributed by atoms with Crippen molar-refractivity contribution in [2.75, 3.05) is 13.1 Å². The van der Waals surface area contributed by atoms with Gasteiger partial charge in [0.2, 0.25) is 17.6 Å². The van der Waals surface area contributed by atoms with Crippen LogP contribution in [0.4, 0.5) is 0 Å². The van der Waals surface area contributed by atoms with Crippen molar-refractivity contribution < 1.29 is 9.32 Å². The second-order valence-corrected chi connectivity index (χ2v) is 8.85. The number of rotatable bonds is 6. The van der Waals surface area contributed by atoms with Gasteiger partial charge in [0.25, 0.3) is 0 Å². The molecule has 7 heteroatoms. The van der Waals surface area contributed by atoms with Crippen molar-refractivity contribution in [3.05, 3.63) is 66.3 Å². The molecule has 32 heavy (non-hydrogen) atoms. The molecule has 1 aliphatic carbocycles. The summed E-state index contributed by atoms with van der Waals surface area (Å²) in [6.07, 6.45) is 6.60. The second-order valence-electron chi connectivity index (χ2n) is 8.85. The number of carbonyl (C=O) groups excluding carboxylic acids is 1. The summed E-state index contributed by atoms with van der Waals surface area (Å²) >= 11 is 0. The van der Waals surface area contributed by atoms with E-state index in [0.29, 0.717) is 24.7 Å². The van der Waals surface area contributed by atoms with Crippen LogP contribution in [0.15, 0.2) is 59.4 Å². The number of imidazole rings is 1. The van der Waals surface area contributed by atoms with E-state index in [1.54, 1.807) is 0 Å². The third kappa shape index (κ3) is 3.28. The Kier molecular flexibility index (Phi) is 4.56. The normalized spacial score (nSPS) is 17.2. The van der Waals surface area contributed by atoms with Crippen LogP contribution < -0.4 is 0 Å². The first kappa shape index (κ1) is 19.2. The Hall–Kier alpha value is -3.48. The first-order valence-electron chi connectivity index (χ1n) is 11.4. The average Bonchev–Trinajstić information content (AvgIpc) is 3.24. The molecule has 0 unspecified atom stereocenters. The van der Waals surface area contributed by atoms with Crippen LogP contribution in [-0.4, -0.2) is 43.6 Å². The number of aryl methyl sites for hydroxylation is 1. The van der Waals surface area contributed by atoms with Crippen LogP contribution in [0.1, 0.15) is 43.6 Å². The molecule has 4 aromatic rings. The van der Waals surface area contributed by atoms with Crippen LogP contribution in [0, 0.1) is 0 Å². The lowest BCUT2D eigenvalue weighted by Crippen LogP contribution is -2.28. The molecule has 2 aliphatic rings. The summed E-state index contributed by atoms with van der Waals surface area (Å²) in [5.74, 6) is 1.50. The largest absolute Gasteiger partial charge is 0.343 e. The number of benzene rings is 2. The fraction of sp³-hybridized carbons (Fsp3) is 0.360. The minimum absolute atomic E-state index is 0.139. The van der Waals surface area contributed by atoms with E-state index in [1.165, 1.54) is 5.56 Å². The van der Waals surface area contributed by atoms with Crippen molar-refractivity contribution in [3.63, 3.8) is 0 Å². The quantitative estimate of drug-likeness (QED) is 0.461. The number of amides is 1. The van der Waals surface area contributed by atoms with Gasteiger partial charge in [0, 0.05) is 31.6 Å². The molecule has 2 aromatic carbocycles. The summed E-state index contributed by atoms with van der Waals surface area (Å²) in [6.45, 7) is 2.42. The Morgan fingerprint density at radius 2 is 1.88 bits per heavy atom. The van der Waals surface area contributed by atoms with Crippen molar-refractivity contribution >= 4 is 16.9 Å². The molecule has 2 aromatic heterocycles. The predicted octanol–water partition coefficient (Wildman–Crippen LogP) is 4.18. The van der Waals surface area contributed by atoms with Crippen LogP contribution >= 0.6 is 0 Å². The second kappa shape index (κ2) is 7.58. The van der Waals surface area contributed by atoms with Crippen molar-refractivity contribution in [3.8, 4) is 11.4 Å². The third-order valence-electron chi connectivity index (χ3n) is 6.82. The molecule has 0 atom stereocenters. The maximum Gasteiger partial charge on any atom is 0.237 e. The lowest BCUT2D eigenvalue weighted by molar-refractivity contribution is -0.130. The summed E-state index contributed by atoms with van der Waals surface area (Å²) in [5.41, 5.74) is 3.85. The standard InChI is InChI=1S/C25H25N5O2/c31-22(29-13-4-5-14-29)10-15-30-17-26-20-16-18(8-9-21(20)30)23-27-24(32-28-23)25(11-12-25)19-6-2-1-3-7-19/h1-3,6-9,16-17H,4-5,10-15H2. The highest BCUT2D eigenvalue weighted by atomic mass is 16.5. The van der Waals surface area contributed by atoms with E-state index in [2.05, 4.69) is 34.4 Å². The Morgan fingerprint density at radius 1 is 1.06 bits per heavy atom. The molecule has 1 amide bonds. The molecule has 0 radical (unpaired) electrons. The van der Waals surface area contributed by atoms with Gasteiger partial charge in [-0.2, -0.15) is 4.98 Å². The van der Waals surface area contributed by atoms with Crippen molar-refractivity contribution in [2.45, 2.75) is 44.1 Å². The molecule has 1 aliphatic heterocycles. The summed E-state index contributed by atoms with van der Waals surface area (Å²) in [6, 6.07) is 16.4. The van der Waals surface area contributed by atoms with Crippen LogP contribution in [0.3, 0.4) is 0 Å². The zero-order valence-corrected chi connectivity index (χ0v) is 17.9. The summed E-state index contributed by atoms with van der Waals surface area (Å²) < 4.78 is 7.75. The number of hydrogen-bond donors (Lipinski definition) is 0. The van der Waals surface area contributed by atoms with Gasteiger partial charge in [-0.25, -0.2) is 4.98 Å². The van der Waals surface area contributed by atoms with Gasteiger partial charge >= 0.3 is 0 Å². The molecular formula is C25H25N5O2. The number of likely N-dealkylation sites (tertiary alicyclic amines) is 1. The van der Waals surface area contributed by atoms with E-state index in [4.69, 9.17) is 9.51 Å². The summed E-state index contributed by atoms with van der Waals surface area (Å²) in [5, 5.41) is 4.26. The molecule has 0 spiro atoms. The topological polar surface area (TPSA) is 77.0 Å². The molecule has 1 saturated heterocycles. The van der Waals surface area contributed by atoms with Crippen molar-refractivity contribution in [1.29, 1.82) is 0 Å². The van der Waals surface area contributed by atoms with Gasteiger partial charge in [-0.05, 0) is 49.4 Å². The number of aromatic nitrogens is 4. The summed E-state index contributed by atoms with van der Waals surface area (Å²) in [7, 11) is 0. The fourth-order valence-electron chi connectivity index (χ4n) is 4.77. The van der Waals surface area contributed by atoms with Gasteiger partial charge in [-0.15, -0.1) is 0 Å². The molecule has 0 N–H and O–H groups in total. The van der Waals surface area contributed by atoms with E-state index in [1.807, 2.05) is 40.1 Å². The number of fused-ring (bicyclic) bond motifs is 1. The van der Waals surface area contributed by atoms with Crippen molar-refractivity contribution in [2.24, 2.45) is 0 Å². The zero-order valence-electron chi connectivity index (χ0n) is 17.9. The van der Waals surface area contributed by atoms with Crippen LogP contribution in [-0.2, 0) is 16.8 Å². The lowest BCUT2D eigenvalue weighted by atomic mass is 9.96. The zero-order chi connectivity index (χ0) is 21.5. The molecule has 7 nitrogen and oxygen atoms in total. The maximum atomic E-state index is 12.4. The van der Waals surface area contributed by atoms with E-state index >= 15 is 0 Å². The number of nitrogens with zero attached hydrogens (tertiary/aromatic N) is 5. The summed E-state index contributed by atoms with van der Waals surface area (Å²) in [4.78, 5) is 23.6. The number of carbonyl (C=O) groups is 1. The van der Waals surface area contributed by atoms with Gasteiger partial charge in [0.15, 0.2) is 0 Å². The Morgan fingerprint density at radius 3 is 2.66 bits per heavy atom. The Labute approximate surface area is 186 Å². The van der Waals surface area contributed by atoms with Crippen LogP contribution in [0.25, 0.3) is 22.4 Å². The van der Waals surface area contributed by atoms with E-state index in [9.17, 15) is 4.79 Å². The first-order valence-corrected chi connectivity index (χ1v) is 11.4. The maximum absolute atomic E-state index is 12.4. The Balaban J connectivity index is 1.21. The highest BCUT2D eigenvalue weighted by molar-refractivity contribution is 5.81. The van der Waals surface area contributed by atoms with Crippen LogP contribution in [0.5, 0.6) is 0 Å². The van der Waals surface area contributed by atoms with Gasteiger partial charge < -0.3 is 14.0 Å². The van der Waals surface area contributed by atoms with E-state index < -0.39 is 0 Å².